The minimum Gasteiger partial charge on any atom is -0.341 e. The van der Waals surface area contributed by atoms with E-state index in [2.05, 4.69) is 15.0 Å². The van der Waals surface area contributed by atoms with Gasteiger partial charge in [-0.3, -0.25) is 9.48 Å². The van der Waals surface area contributed by atoms with Crippen LogP contribution >= 0.6 is 0 Å². The van der Waals surface area contributed by atoms with Crippen molar-refractivity contribution < 1.29 is 4.79 Å². The third kappa shape index (κ3) is 3.76. The predicted molar refractivity (Wildman–Crippen MR) is 124 cm³/mol. The maximum atomic E-state index is 13.5. The number of likely N-dealkylation sites (tertiary alicyclic amines) is 1. The van der Waals surface area contributed by atoms with Crippen molar-refractivity contribution in [2.45, 2.75) is 44.6 Å². The molecule has 7 heteroatoms. The van der Waals surface area contributed by atoms with Crippen LogP contribution in [0.15, 0.2) is 48.8 Å². The van der Waals surface area contributed by atoms with Crippen LogP contribution in [0.1, 0.15) is 55.8 Å². The normalized spacial score (nSPS) is 19.5. The zero-order valence-corrected chi connectivity index (χ0v) is 18.8. The Labute approximate surface area is 189 Å². The molecule has 2 fully saturated rings. The zero-order chi connectivity index (χ0) is 22.1. The number of hydrogen-bond donors (Lipinski definition) is 0. The number of aryl methyl sites for hydroxylation is 1. The molecule has 166 valence electrons. The highest BCUT2D eigenvalue weighted by Gasteiger charge is 2.36. The van der Waals surface area contributed by atoms with Crippen LogP contribution in [-0.2, 0) is 11.8 Å². The van der Waals surface area contributed by atoms with Gasteiger partial charge in [0.05, 0.1) is 29.5 Å². The number of aromatic nitrogens is 4. The highest BCUT2D eigenvalue weighted by Crippen LogP contribution is 2.39. The van der Waals surface area contributed by atoms with Gasteiger partial charge in [0, 0.05) is 38.4 Å². The fraction of sp³-hybridized carbons (Fsp3) is 0.440. The molecule has 7 nitrogen and oxygen atoms in total. The second-order valence-corrected chi connectivity index (χ2v) is 8.83. The minimum absolute atomic E-state index is 0.00126. The number of amides is 1. The molecule has 0 spiro atoms. The highest BCUT2D eigenvalue weighted by atomic mass is 16.2. The van der Waals surface area contributed by atoms with E-state index >= 15 is 0 Å². The molecule has 2 aromatic heterocycles. The number of benzene rings is 1. The number of carbonyl (C=O) groups is 1. The number of hydrogen-bond acceptors (Lipinski definition) is 5. The second-order valence-electron chi connectivity index (χ2n) is 8.83. The van der Waals surface area contributed by atoms with Gasteiger partial charge in [-0.1, -0.05) is 30.3 Å². The van der Waals surface area contributed by atoms with Crippen LogP contribution in [0.5, 0.6) is 0 Å². The highest BCUT2D eigenvalue weighted by molar-refractivity contribution is 5.84. The van der Waals surface area contributed by atoms with E-state index in [1.165, 1.54) is 12.8 Å². The topological polar surface area (TPSA) is 67.2 Å². The van der Waals surface area contributed by atoms with Crippen LogP contribution in [0.4, 0.5) is 5.95 Å². The molecule has 32 heavy (non-hydrogen) atoms. The molecule has 4 heterocycles. The van der Waals surface area contributed by atoms with Crippen molar-refractivity contribution in [2.75, 3.05) is 24.5 Å². The molecule has 0 radical (unpaired) electrons. The molecule has 5 rings (SSSR count). The Kier molecular flexibility index (Phi) is 5.64. The fourth-order valence-electron chi connectivity index (χ4n) is 5.06. The van der Waals surface area contributed by atoms with Crippen LogP contribution in [0.25, 0.3) is 11.3 Å². The van der Waals surface area contributed by atoms with E-state index in [4.69, 9.17) is 4.98 Å². The smallest absolute Gasteiger partial charge is 0.230 e. The minimum atomic E-state index is -0.172. The second kappa shape index (κ2) is 8.73. The Morgan fingerprint density at radius 1 is 1.06 bits per heavy atom. The van der Waals surface area contributed by atoms with Gasteiger partial charge in [0.1, 0.15) is 0 Å². The van der Waals surface area contributed by atoms with Crippen molar-refractivity contribution in [3.05, 3.63) is 60.0 Å². The van der Waals surface area contributed by atoms with Crippen LogP contribution in [0.3, 0.4) is 0 Å². The van der Waals surface area contributed by atoms with E-state index in [0.29, 0.717) is 0 Å². The van der Waals surface area contributed by atoms with Gasteiger partial charge in [-0.2, -0.15) is 5.10 Å². The van der Waals surface area contributed by atoms with E-state index in [1.54, 1.807) is 0 Å². The predicted octanol–water partition coefficient (Wildman–Crippen LogP) is 3.94. The van der Waals surface area contributed by atoms with Crippen molar-refractivity contribution in [2.24, 2.45) is 7.05 Å². The van der Waals surface area contributed by atoms with Crippen molar-refractivity contribution in [3.63, 3.8) is 0 Å². The van der Waals surface area contributed by atoms with Gasteiger partial charge >= 0.3 is 0 Å². The number of nitrogens with zero attached hydrogens (tertiary/aromatic N) is 6. The van der Waals surface area contributed by atoms with Crippen LogP contribution in [0, 0.1) is 0 Å². The van der Waals surface area contributed by atoms with Crippen molar-refractivity contribution in [1.82, 2.24) is 24.6 Å². The van der Waals surface area contributed by atoms with Gasteiger partial charge in [-0.15, -0.1) is 0 Å². The van der Waals surface area contributed by atoms with E-state index in [1.807, 2.05) is 72.3 Å². The van der Waals surface area contributed by atoms with Gasteiger partial charge in [-0.05, 0) is 44.2 Å². The molecule has 2 saturated heterocycles. The van der Waals surface area contributed by atoms with Crippen LogP contribution in [-0.4, -0.2) is 50.2 Å². The van der Waals surface area contributed by atoms with Gasteiger partial charge in [0.2, 0.25) is 11.9 Å². The molecule has 0 saturated carbocycles. The molecule has 0 bridgehead atoms. The van der Waals surface area contributed by atoms with Crippen LogP contribution < -0.4 is 4.90 Å². The SMILES string of the molecule is CC(C(=O)N1CCCC1c1c(-c2ccnc(N3CCCC3)n2)cnn1C)c1ccccc1. The lowest BCUT2D eigenvalue weighted by Gasteiger charge is -2.28. The average molecular weight is 431 g/mol. The lowest BCUT2D eigenvalue weighted by Crippen LogP contribution is -2.34. The first kappa shape index (κ1) is 20.7. The van der Waals surface area contributed by atoms with Gasteiger partial charge in [0.25, 0.3) is 0 Å². The summed E-state index contributed by atoms with van der Waals surface area (Å²) in [6, 6.07) is 12.0. The molecular weight excluding hydrogens is 400 g/mol. The number of anilines is 1. The Bertz CT molecular complexity index is 1090. The number of carbonyl (C=O) groups excluding carboxylic acids is 1. The third-order valence-electron chi connectivity index (χ3n) is 6.81. The summed E-state index contributed by atoms with van der Waals surface area (Å²) in [5, 5.41) is 4.57. The monoisotopic (exact) mass is 430 g/mol. The van der Waals surface area contributed by atoms with Gasteiger partial charge < -0.3 is 9.80 Å². The maximum Gasteiger partial charge on any atom is 0.230 e. The number of rotatable bonds is 5. The molecule has 0 aliphatic carbocycles. The standard InChI is InChI=1S/C25H30N6O/c1-18(19-9-4-3-5-10-19)24(32)31-16-8-11-22(31)23-20(17-27-29(23)2)21-12-13-26-25(28-21)30-14-6-7-15-30/h3-5,9-10,12-13,17-18,22H,6-8,11,14-16H2,1-2H3. The van der Waals surface area contributed by atoms with E-state index in [0.717, 1.165) is 60.9 Å². The summed E-state index contributed by atoms with van der Waals surface area (Å²) in [5.41, 5.74) is 3.98. The largest absolute Gasteiger partial charge is 0.341 e. The summed E-state index contributed by atoms with van der Waals surface area (Å²) in [6.07, 6.45) is 8.01. The molecular formula is C25H30N6O. The first-order chi connectivity index (χ1) is 15.6. The first-order valence-electron chi connectivity index (χ1n) is 11.6. The molecule has 1 amide bonds. The third-order valence-corrected chi connectivity index (χ3v) is 6.81. The fourth-order valence-corrected chi connectivity index (χ4v) is 5.06. The summed E-state index contributed by atoms with van der Waals surface area (Å²) in [6.45, 7) is 4.79. The summed E-state index contributed by atoms with van der Waals surface area (Å²) >= 11 is 0. The molecule has 2 aliphatic heterocycles. The van der Waals surface area contributed by atoms with Crippen molar-refractivity contribution >= 4 is 11.9 Å². The van der Waals surface area contributed by atoms with Crippen molar-refractivity contribution in [1.29, 1.82) is 0 Å². The molecule has 0 N–H and O–H groups in total. The molecule has 1 aromatic carbocycles. The Morgan fingerprint density at radius 3 is 2.62 bits per heavy atom. The summed E-state index contributed by atoms with van der Waals surface area (Å²) in [7, 11) is 1.96. The van der Waals surface area contributed by atoms with E-state index in [9.17, 15) is 4.79 Å². The quantitative estimate of drug-likeness (QED) is 0.613. The van der Waals surface area contributed by atoms with Gasteiger partial charge in [0.15, 0.2) is 0 Å². The summed E-state index contributed by atoms with van der Waals surface area (Å²) in [4.78, 5) is 27.2. The Morgan fingerprint density at radius 2 is 1.84 bits per heavy atom. The zero-order valence-electron chi connectivity index (χ0n) is 18.8. The Balaban J connectivity index is 1.46. The molecule has 2 unspecified atom stereocenters. The Hall–Kier alpha value is -3.22. The lowest BCUT2D eigenvalue weighted by molar-refractivity contribution is -0.133. The van der Waals surface area contributed by atoms with Crippen molar-refractivity contribution in [3.8, 4) is 11.3 Å². The van der Waals surface area contributed by atoms with E-state index in [-0.39, 0.29) is 17.9 Å². The molecule has 3 aromatic rings. The summed E-state index contributed by atoms with van der Waals surface area (Å²) in [5.74, 6) is 0.785. The first-order valence-corrected chi connectivity index (χ1v) is 11.6. The summed E-state index contributed by atoms with van der Waals surface area (Å²) < 4.78 is 1.91. The van der Waals surface area contributed by atoms with Crippen LogP contribution in [0.2, 0.25) is 0 Å². The van der Waals surface area contributed by atoms with Gasteiger partial charge in [-0.25, -0.2) is 9.97 Å². The lowest BCUT2D eigenvalue weighted by atomic mass is 9.98. The average Bonchev–Trinajstić information content (AvgIpc) is 3.59. The van der Waals surface area contributed by atoms with E-state index < -0.39 is 0 Å². The maximum absolute atomic E-state index is 13.5. The molecule has 2 aliphatic rings. The molecule has 2 atom stereocenters.